The van der Waals surface area contributed by atoms with E-state index in [0.717, 1.165) is 0 Å². The molecule has 0 aliphatic heterocycles. The van der Waals surface area contributed by atoms with Gasteiger partial charge >= 0.3 is 0 Å². The third-order valence-electron chi connectivity index (χ3n) is 1.35. The molecule has 0 rings (SSSR count). The maximum absolute atomic E-state index is 8.43. The molecule has 15 heavy (non-hydrogen) atoms. The maximum Gasteiger partial charge on any atom is 0.137 e. The third kappa shape index (κ3) is 7.69. The van der Waals surface area contributed by atoms with Gasteiger partial charge in [-0.05, 0) is 0 Å². The Bertz CT molecular complexity index is 270. The van der Waals surface area contributed by atoms with Gasteiger partial charge in [0.05, 0.1) is 11.8 Å². The van der Waals surface area contributed by atoms with Crippen LogP contribution in [0.25, 0.3) is 0 Å². The van der Waals surface area contributed by atoms with Crippen LogP contribution in [0.2, 0.25) is 0 Å². The molecule has 0 aromatic heterocycles. The van der Waals surface area contributed by atoms with E-state index in [-0.39, 0.29) is 0 Å². The predicted octanol–water partition coefficient (Wildman–Crippen LogP) is 3.34. The van der Waals surface area contributed by atoms with Gasteiger partial charge in [0.2, 0.25) is 0 Å². The second kappa shape index (κ2) is 10.3. The summed E-state index contributed by atoms with van der Waals surface area (Å²) in [6.07, 6.45) is 3.56. The second-order valence-electron chi connectivity index (χ2n) is 2.34. The smallest absolute Gasteiger partial charge is 0.137 e. The number of hydrogen-bond acceptors (Lipinski definition) is 3. The molecule has 0 bridgehead atoms. The number of halogens is 2. The van der Waals surface area contributed by atoms with Gasteiger partial charge in [0.1, 0.15) is 4.32 Å². The van der Waals surface area contributed by atoms with Gasteiger partial charge in [-0.1, -0.05) is 59.3 Å². The van der Waals surface area contributed by atoms with Crippen molar-refractivity contribution in [1.82, 2.24) is 4.90 Å². The van der Waals surface area contributed by atoms with Gasteiger partial charge in [0.25, 0.3) is 0 Å². The van der Waals surface area contributed by atoms with Crippen LogP contribution in [0.1, 0.15) is 0 Å². The first-order valence-corrected chi connectivity index (χ1v) is 6.32. The number of thioether (sulfide) groups is 1. The largest absolute Gasteiger partial charge is 0.350 e. The highest BCUT2D eigenvalue weighted by Gasteiger charge is 2.06. The molecule has 0 fully saturated rings. The van der Waals surface area contributed by atoms with Crippen molar-refractivity contribution in [3.8, 4) is 6.07 Å². The molecule has 0 aliphatic rings. The highest BCUT2D eigenvalue weighted by Crippen LogP contribution is 2.09. The van der Waals surface area contributed by atoms with Crippen LogP contribution in [-0.2, 0) is 0 Å². The van der Waals surface area contributed by atoms with Gasteiger partial charge in [0.15, 0.2) is 0 Å². The molecule has 0 atom stereocenters. The van der Waals surface area contributed by atoms with E-state index >= 15 is 0 Å². The number of nitrogens with zero attached hydrogens (tertiary/aromatic N) is 2. The van der Waals surface area contributed by atoms with Crippen LogP contribution in [-0.4, -0.2) is 28.1 Å². The molecule has 0 aliphatic carbocycles. The average molecular weight is 281 g/mol. The first kappa shape index (κ1) is 14.8. The minimum absolute atomic E-state index is 0.352. The fraction of sp³-hybridized carbons (Fsp3) is 0.333. The molecule has 2 nitrogen and oxygen atoms in total. The summed E-state index contributed by atoms with van der Waals surface area (Å²) in [5, 5.41) is 8.43. The topological polar surface area (TPSA) is 27.0 Å². The summed E-state index contributed by atoms with van der Waals surface area (Å²) < 4.78 is 0.668. The van der Waals surface area contributed by atoms with Gasteiger partial charge in [0, 0.05) is 24.2 Å². The molecule has 6 heteroatoms. The summed E-state index contributed by atoms with van der Waals surface area (Å²) in [5.41, 5.74) is 2.88. The summed E-state index contributed by atoms with van der Waals surface area (Å²) in [6.45, 7) is 1.23. The normalized spacial score (nSPS) is 10.7. The Kier molecular flexibility index (Phi) is 10.2. The molecular weight excluding hydrogens is 271 g/mol. The summed E-state index contributed by atoms with van der Waals surface area (Å²) in [7, 11) is 0. The van der Waals surface area contributed by atoms with E-state index < -0.39 is 0 Å². The summed E-state index contributed by atoms with van der Waals surface area (Å²) >= 11 is 17.3. The second-order valence-corrected chi connectivity index (χ2v) is 4.45. The Morgan fingerprint density at radius 1 is 1.33 bits per heavy atom. The Morgan fingerprint density at radius 2 is 1.87 bits per heavy atom. The quantitative estimate of drug-likeness (QED) is 0.722. The molecule has 0 radical (unpaired) electrons. The van der Waals surface area contributed by atoms with Crippen molar-refractivity contribution >= 4 is 51.5 Å². The molecule has 0 N–H and O–H groups in total. The SMILES string of the molecule is N#CCSC(=S)N(CC=CCl)CC=CCl. The molecule has 0 heterocycles. The van der Waals surface area contributed by atoms with E-state index in [2.05, 4.69) is 0 Å². The number of nitriles is 1. The molecule has 0 aromatic rings. The van der Waals surface area contributed by atoms with E-state index in [9.17, 15) is 0 Å². The first-order chi connectivity index (χ1) is 7.26. The number of thiocarbonyl (C=S) groups is 1. The van der Waals surface area contributed by atoms with Crippen LogP contribution in [0.4, 0.5) is 0 Å². The fourth-order valence-electron chi connectivity index (χ4n) is 0.743. The van der Waals surface area contributed by atoms with Crippen molar-refractivity contribution in [2.24, 2.45) is 0 Å². The molecule has 0 spiro atoms. The van der Waals surface area contributed by atoms with E-state index in [1.165, 1.54) is 22.8 Å². The highest BCUT2D eigenvalue weighted by molar-refractivity contribution is 8.23. The zero-order valence-electron chi connectivity index (χ0n) is 7.90. The number of rotatable bonds is 5. The molecule has 0 aromatic carbocycles. The lowest BCUT2D eigenvalue weighted by Gasteiger charge is -2.20. The molecule has 0 saturated heterocycles. The zero-order chi connectivity index (χ0) is 11.5. The maximum atomic E-state index is 8.43. The van der Waals surface area contributed by atoms with Crippen LogP contribution >= 0.6 is 47.2 Å². The van der Waals surface area contributed by atoms with Crippen molar-refractivity contribution in [3.05, 3.63) is 23.2 Å². The highest BCUT2D eigenvalue weighted by atomic mass is 35.5. The van der Waals surface area contributed by atoms with E-state index in [0.29, 0.717) is 23.2 Å². The molecule has 0 amide bonds. The van der Waals surface area contributed by atoms with Gasteiger partial charge < -0.3 is 4.90 Å². The van der Waals surface area contributed by atoms with E-state index in [1.54, 1.807) is 12.2 Å². The van der Waals surface area contributed by atoms with Crippen molar-refractivity contribution in [2.45, 2.75) is 0 Å². The Morgan fingerprint density at radius 3 is 2.27 bits per heavy atom. The van der Waals surface area contributed by atoms with Crippen molar-refractivity contribution in [1.29, 1.82) is 5.26 Å². The Labute approximate surface area is 110 Å². The Balaban J connectivity index is 4.20. The first-order valence-electron chi connectivity index (χ1n) is 4.05. The fourth-order valence-corrected chi connectivity index (χ4v) is 1.75. The van der Waals surface area contributed by atoms with Crippen molar-refractivity contribution in [3.63, 3.8) is 0 Å². The molecule has 0 unspecified atom stereocenters. The minimum atomic E-state index is 0.352. The summed E-state index contributed by atoms with van der Waals surface area (Å²) in [4.78, 5) is 1.90. The molecule has 0 saturated carbocycles. The van der Waals surface area contributed by atoms with Crippen LogP contribution in [0.5, 0.6) is 0 Å². The van der Waals surface area contributed by atoms with Gasteiger partial charge in [-0.25, -0.2) is 0 Å². The van der Waals surface area contributed by atoms with Crippen LogP contribution < -0.4 is 0 Å². The molecular formula is C9H10Cl2N2S2. The summed E-state index contributed by atoms with van der Waals surface area (Å²) in [5.74, 6) is 0.352. The lowest BCUT2D eigenvalue weighted by Crippen LogP contribution is -2.27. The van der Waals surface area contributed by atoms with Crippen molar-refractivity contribution in [2.75, 3.05) is 18.8 Å². The predicted molar refractivity (Wildman–Crippen MR) is 72.2 cm³/mol. The van der Waals surface area contributed by atoms with E-state index in [4.69, 9.17) is 40.7 Å². The van der Waals surface area contributed by atoms with Gasteiger partial charge in [-0.15, -0.1) is 0 Å². The van der Waals surface area contributed by atoms with Crippen LogP contribution in [0, 0.1) is 11.3 Å². The number of hydrogen-bond donors (Lipinski definition) is 0. The van der Waals surface area contributed by atoms with Crippen LogP contribution in [0.3, 0.4) is 0 Å². The third-order valence-corrected chi connectivity index (χ3v) is 3.09. The van der Waals surface area contributed by atoms with E-state index in [1.807, 2.05) is 11.0 Å². The monoisotopic (exact) mass is 280 g/mol. The lowest BCUT2D eigenvalue weighted by atomic mass is 10.5. The Hall–Kier alpha value is -0.210. The minimum Gasteiger partial charge on any atom is -0.350 e. The average Bonchev–Trinajstić information content (AvgIpc) is 2.26. The van der Waals surface area contributed by atoms with Crippen molar-refractivity contribution < 1.29 is 0 Å². The standard InChI is InChI=1S/C9H10Cl2N2S2/c10-3-1-6-13(7-2-4-11)9(14)15-8-5-12/h1-4H,6-8H2. The summed E-state index contributed by atoms with van der Waals surface area (Å²) in [6, 6.07) is 2.03. The van der Waals surface area contributed by atoms with Crippen LogP contribution in [0.15, 0.2) is 23.2 Å². The van der Waals surface area contributed by atoms with Gasteiger partial charge in [-0.3, -0.25) is 0 Å². The molecule has 82 valence electrons. The lowest BCUT2D eigenvalue weighted by molar-refractivity contribution is 0.532. The van der Waals surface area contributed by atoms with Gasteiger partial charge in [-0.2, -0.15) is 5.26 Å². The zero-order valence-corrected chi connectivity index (χ0v) is 11.0.